The molecule has 1 aromatic carbocycles. The van der Waals surface area contributed by atoms with Gasteiger partial charge in [-0.2, -0.15) is 0 Å². The molecule has 4 N–H and O–H groups in total. The summed E-state index contributed by atoms with van der Waals surface area (Å²) in [5.74, 6) is 0.177. The summed E-state index contributed by atoms with van der Waals surface area (Å²) in [7, 11) is 0. The second-order valence-electron chi connectivity index (χ2n) is 3.73. The number of nitrogens with zero attached hydrogens (tertiary/aromatic N) is 2. The fourth-order valence-corrected chi connectivity index (χ4v) is 1.32. The normalized spacial score (nSPS) is 10.2. The summed E-state index contributed by atoms with van der Waals surface area (Å²) in [5, 5.41) is 10.2. The van der Waals surface area contributed by atoms with Gasteiger partial charge in [0.2, 0.25) is 11.8 Å². The number of anilines is 2. The maximum atomic E-state index is 11.2. The molecule has 0 aliphatic heterocycles. The van der Waals surface area contributed by atoms with Crippen LogP contribution in [0.2, 0.25) is 0 Å². The summed E-state index contributed by atoms with van der Waals surface area (Å²) in [5.41, 5.74) is 7.12. The topological polar surface area (TPSA) is 96.7 Å². The number of nitrogens with one attached hydrogen (secondary N) is 2. The molecule has 0 atom stereocenters. The van der Waals surface area contributed by atoms with E-state index in [1.54, 1.807) is 0 Å². The van der Waals surface area contributed by atoms with Crippen molar-refractivity contribution in [2.75, 3.05) is 11.1 Å². The van der Waals surface area contributed by atoms with Crippen LogP contribution < -0.4 is 16.6 Å². The van der Waals surface area contributed by atoms with Crippen molar-refractivity contribution in [2.45, 2.75) is 13.5 Å². The minimum Gasteiger partial charge on any atom is -0.378 e. The number of aromatic nitrogens is 3. The second kappa shape index (κ2) is 4.65. The molecule has 0 saturated carbocycles. The third-order valence-electron chi connectivity index (χ3n) is 2.30. The van der Waals surface area contributed by atoms with Gasteiger partial charge in [0.15, 0.2) is 0 Å². The highest BCUT2D eigenvalue weighted by atomic mass is 16.1. The maximum absolute atomic E-state index is 11.2. The van der Waals surface area contributed by atoms with E-state index in [0.717, 1.165) is 5.56 Å². The summed E-state index contributed by atoms with van der Waals surface area (Å²) in [4.78, 5) is 13.7. The molecular weight excluding hydrogens is 218 g/mol. The highest BCUT2D eigenvalue weighted by Gasteiger charge is 2.00. The lowest BCUT2D eigenvalue weighted by atomic mass is 10.1. The van der Waals surface area contributed by atoms with Crippen LogP contribution in [0.3, 0.4) is 0 Å². The maximum Gasteiger partial charge on any atom is 0.295 e. The van der Waals surface area contributed by atoms with Crippen molar-refractivity contribution in [3.8, 4) is 0 Å². The molecule has 0 aliphatic rings. The third-order valence-corrected chi connectivity index (χ3v) is 2.30. The largest absolute Gasteiger partial charge is 0.378 e. The molecule has 88 valence electrons. The van der Waals surface area contributed by atoms with Gasteiger partial charge in [-0.15, -0.1) is 10.2 Å². The standard InChI is InChI=1S/C11H13N5O/c1-7-2-4-8(5-3-7)6-13-11-14-10(17)9(12)15-16-11/h2-5H,6H2,1H3,(H2,12,15)(H2,13,14,16,17). The van der Waals surface area contributed by atoms with Gasteiger partial charge in [0.05, 0.1) is 0 Å². The summed E-state index contributed by atoms with van der Waals surface area (Å²) < 4.78 is 0. The lowest BCUT2D eigenvalue weighted by molar-refractivity contribution is 0.934. The first-order chi connectivity index (χ1) is 8.15. The van der Waals surface area contributed by atoms with Crippen molar-refractivity contribution in [1.82, 2.24) is 15.2 Å². The number of aryl methyl sites for hydroxylation is 1. The van der Waals surface area contributed by atoms with Gasteiger partial charge in [-0.05, 0) is 12.5 Å². The van der Waals surface area contributed by atoms with Crippen LogP contribution in [0.5, 0.6) is 0 Å². The van der Waals surface area contributed by atoms with Gasteiger partial charge in [0.25, 0.3) is 5.56 Å². The molecule has 0 aliphatic carbocycles. The van der Waals surface area contributed by atoms with Crippen molar-refractivity contribution in [3.05, 3.63) is 45.7 Å². The average molecular weight is 231 g/mol. The SMILES string of the molecule is Cc1ccc(CNc2nnc(N)c(=O)[nH]2)cc1. The molecule has 2 rings (SSSR count). The summed E-state index contributed by atoms with van der Waals surface area (Å²) >= 11 is 0. The molecule has 17 heavy (non-hydrogen) atoms. The molecule has 1 aromatic heterocycles. The average Bonchev–Trinajstić information content (AvgIpc) is 2.33. The van der Waals surface area contributed by atoms with Gasteiger partial charge in [-0.25, -0.2) is 0 Å². The van der Waals surface area contributed by atoms with Crippen molar-refractivity contribution >= 4 is 11.8 Å². The molecule has 1 heterocycles. The first kappa shape index (κ1) is 11.1. The smallest absolute Gasteiger partial charge is 0.295 e. The number of hydrogen-bond acceptors (Lipinski definition) is 5. The zero-order valence-electron chi connectivity index (χ0n) is 9.40. The summed E-state index contributed by atoms with van der Waals surface area (Å²) in [6.07, 6.45) is 0. The van der Waals surface area contributed by atoms with Crippen LogP contribution in [0, 0.1) is 6.92 Å². The quantitative estimate of drug-likeness (QED) is 0.721. The highest BCUT2D eigenvalue weighted by molar-refractivity contribution is 5.30. The fraction of sp³-hybridized carbons (Fsp3) is 0.182. The Bertz CT molecular complexity index is 561. The Morgan fingerprint density at radius 3 is 2.65 bits per heavy atom. The molecule has 0 amide bonds. The van der Waals surface area contributed by atoms with Crippen LogP contribution in [0.1, 0.15) is 11.1 Å². The second-order valence-corrected chi connectivity index (χ2v) is 3.73. The van der Waals surface area contributed by atoms with E-state index in [9.17, 15) is 4.79 Å². The molecule has 0 unspecified atom stereocenters. The number of benzene rings is 1. The number of nitrogen functional groups attached to an aromatic ring is 1. The molecule has 0 spiro atoms. The zero-order chi connectivity index (χ0) is 12.3. The van der Waals surface area contributed by atoms with Gasteiger partial charge in [0.1, 0.15) is 0 Å². The lowest BCUT2D eigenvalue weighted by Gasteiger charge is -2.04. The first-order valence-electron chi connectivity index (χ1n) is 5.17. The van der Waals surface area contributed by atoms with Gasteiger partial charge in [-0.1, -0.05) is 29.8 Å². The lowest BCUT2D eigenvalue weighted by Crippen LogP contribution is -2.18. The minimum atomic E-state index is -0.439. The Hall–Kier alpha value is -2.37. The van der Waals surface area contributed by atoms with Crippen molar-refractivity contribution in [3.63, 3.8) is 0 Å². The predicted molar refractivity (Wildman–Crippen MR) is 65.6 cm³/mol. The molecule has 0 saturated heterocycles. The number of aromatic amines is 1. The van der Waals surface area contributed by atoms with Crippen LogP contribution in [-0.2, 0) is 6.54 Å². The zero-order valence-corrected chi connectivity index (χ0v) is 9.40. The van der Waals surface area contributed by atoms with Crippen molar-refractivity contribution in [1.29, 1.82) is 0 Å². The number of nitrogens with two attached hydrogens (primary N) is 1. The van der Waals surface area contributed by atoms with E-state index in [1.807, 2.05) is 31.2 Å². The predicted octanol–water partition coefficient (Wildman–Crippen LogP) is 0.668. The fourth-order valence-electron chi connectivity index (χ4n) is 1.32. The van der Waals surface area contributed by atoms with E-state index in [2.05, 4.69) is 20.5 Å². The van der Waals surface area contributed by atoms with E-state index in [4.69, 9.17) is 5.73 Å². The van der Waals surface area contributed by atoms with E-state index in [0.29, 0.717) is 12.5 Å². The van der Waals surface area contributed by atoms with Crippen LogP contribution >= 0.6 is 0 Å². The molecule has 0 bridgehead atoms. The van der Waals surface area contributed by atoms with Crippen LogP contribution in [0.4, 0.5) is 11.8 Å². The van der Waals surface area contributed by atoms with Crippen LogP contribution in [-0.4, -0.2) is 15.2 Å². The van der Waals surface area contributed by atoms with Gasteiger partial charge < -0.3 is 11.1 Å². The van der Waals surface area contributed by atoms with Gasteiger partial charge in [0, 0.05) is 6.54 Å². The van der Waals surface area contributed by atoms with Crippen molar-refractivity contribution in [2.24, 2.45) is 0 Å². The first-order valence-corrected chi connectivity index (χ1v) is 5.17. The Morgan fingerprint density at radius 1 is 1.29 bits per heavy atom. The van der Waals surface area contributed by atoms with Gasteiger partial charge in [-0.3, -0.25) is 9.78 Å². The van der Waals surface area contributed by atoms with E-state index >= 15 is 0 Å². The van der Waals surface area contributed by atoms with Crippen LogP contribution in [0.25, 0.3) is 0 Å². The summed E-state index contributed by atoms with van der Waals surface area (Å²) in [6, 6.07) is 8.05. The minimum absolute atomic E-state index is 0.133. The molecule has 0 radical (unpaired) electrons. The number of hydrogen-bond donors (Lipinski definition) is 3. The Kier molecular flexibility index (Phi) is 3.04. The Labute approximate surface area is 97.9 Å². The summed E-state index contributed by atoms with van der Waals surface area (Å²) in [6.45, 7) is 2.59. The molecular formula is C11H13N5O. The Morgan fingerprint density at radius 2 is 2.00 bits per heavy atom. The van der Waals surface area contributed by atoms with E-state index < -0.39 is 5.56 Å². The molecule has 6 nitrogen and oxygen atoms in total. The van der Waals surface area contributed by atoms with E-state index in [-0.39, 0.29) is 5.82 Å². The molecule has 6 heteroatoms. The monoisotopic (exact) mass is 231 g/mol. The van der Waals surface area contributed by atoms with Crippen LogP contribution in [0.15, 0.2) is 29.1 Å². The van der Waals surface area contributed by atoms with Crippen molar-refractivity contribution < 1.29 is 0 Å². The molecule has 2 aromatic rings. The van der Waals surface area contributed by atoms with Gasteiger partial charge >= 0.3 is 0 Å². The molecule has 0 fully saturated rings. The number of rotatable bonds is 3. The third kappa shape index (κ3) is 2.81. The Balaban J connectivity index is 2.04. The highest BCUT2D eigenvalue weighted by Crippen LogP contribution is 2.04. The number of H-pyrrole nitrogens is 1. The van der Waals surface area contributed by atoms with E-state index in [1.165, 1.54) is 5.56 Å².